The van der Waals surface area contributed by atoms with E-state index in [0.29, 0.717) is 0 Å². The summed E-state index contributed by atoms with van der Waals surface area (Å²) in [6, 6.07) is 0. The van der Waals surface area contributed by atoms with E-state index >= 15 is 0 Å². The van der Waals surface area contributed by atoms with Gasteiger partial charge in [-0.3, -0.25) is 0 Å². The van der Waals surface area contributed by atoms with E-state index in [4.69, 9.17) is 11.6 Å². The third-order valence-corrected chi connectivity index (χ3v) is 3.51. The van der Waals surface area contributed by atoms with Crippen LogP contribution in [0.4, 0.5) is 5.82 Å². The van der Waals surface area contributed by atoms with E-state index in [1.165, 1.54) is 25.7 Å². The Morgan fingerprint density at radius 1 is 1.47 bits per heavy atom. The highest BCUT2D eigenvalue weighted by Gasteiger charge is 2.15. The van der Waals surface area contributed by atoms with Crippen LogP contribution in [0.5, 0.6) is 0 Å². The molecule has 0 amide bonds. The molecule has 5 heteroatoms. The molecular formula is C10H13BrClN3. The zero-order valence-corrected chi connectivity index (χ0v) is 10.7. The van der Waals surface area contributed by atoms with Gasteiger partial charge in [0.25, 0.3) is 0 Å². The second-order valence-electron chi connectivity index (χ2n) is 3.87. The summed E-state index contributed by atoms with van der Waals surface area (Å²) in [6.07, 6.45) is 7.04. The molecule has 1 aromatic rings. The SMILES string of the molecule is Clc1ncc(Br)c(NCC2CCCC2)n1. The molecule has 1 aromatic heterocycles. The number of nitrogens with zero attached hydrogens (tertiary/aromatic N) is 2. The number of hydrogen-bond donors (Lipinski definition) is 1. The average Bonchev–Trinajstić information content (AvgIpc) is 2.72. The van der Waals surface area contributed by atoms with Gasteiger partial charge in [0.1, 0.15) is 5.82 Å². The third-order valence-electron chi connectivity index (χ3n) is 2.75. The molecule has 1 saturated carbocycles. The number of nitrogens with one attached hydrogen (secondary N) is 1. The Hall–Kier alpha value is -0.350. The fourth-order valence-electron chi connectivity index (χ4n) is 1.93. The summed E-state index contributed by atoms with van der Waals surface area (Å²) in [5.74, 6) is 1.58. The molecule has 0 aliphatic heterocycles. The lowest BCUT2D eigenvalue weighted by atomic mass is 10.1. The molecule has 0 radical (unpaired) electrons. The Morgan fingerprint density at radius 2 is 2.20 bits per heavy atom. The molecule has 2 rings (SSSR count). The zero-order chi connectivity index (χ0) is 10.7. The van der Waals surface area contributed by atoms with Crippen LogP contribution >= 0.6 is 27.5 Å². The van der Waals surface area contributed by atoms with Gasteiger partial charge in [0, 0.05) is 12.7 Å². The topological polar surface area (TPSA) is 37.8 Å². The first-order valence-electron chi connectivity index (χ1n) is 5.17. The fraction of sp³-hybridized carbons (Fsp3) is 0.600. The molecule has 0 spiro atoms. The number of rotatable bonds is 3. The summed E-state index contributed by atoms with van der Waals surface area (Å²) in [7, 11) is 0. The first-order chi connectivity index (χ1) is 7.25. The molecule has 0 aromatic carbocycles. The maximum Gasteiger partial charge on any atom is 0.224 e. The molecule has 3 nitrogen and oxygen atoms in total. The lowest BCUT2D eigenvalue weighted by Crippen LogP contribution is -2.12. The van der Waals surface area contributed by atoms with Gasteiger partial charge in [-0.05, 0) is 46.3 Å². The van der Waals surface area contributed by atoms with Crippen LogP contribution < -0.4 is 5.32 Å². The van der Waals surface area contributed by atoms with Crippen molar-refractivity contribution in [2.45, 2.75) is 25.7 Å². The monoisotopic (exact) mass is 289 g/mol. The lowest BCUT2D eigenvalue weighted by Gasteiger charge is -2.11. The van der Waals surface area contributed by atoms with Crippen LogP contribution in [-0.2, 0) is 0 Å². The van der Waals surface area contributed by atoms with Crippen molar-refractivity contribution in [2.24, 2.45) is 5.92 Å². The minimum Gasteiger partial charge on any atom is -0.369 e. The fourth-order valence-corrected chi connectivity index (χ4v) is 2.39. The van der Waals surface area contributed by atoms with Crippen molar-refractivity contribution in [3.63, 3.8) is 0 Å². The van der Waals surface area contributed by atoms with E-state index < -0.39 is 0 Å². The maximum atomic E-state index is 5.73. The number of anilines is 1. The Balaban J connectivity index is 1.94. The molecular weight excluding hydrogens is 277 g/mol. The molecule has 0 bridgehead atoms. The number of hydrogen-bond acceptors (Lipinski definition) is 3. The van der Waals surface area contributed by atoms with Crippen molar-refractivity contribution in [3.8, 4) is 0 Å². The smallest absolute Gasteiger partial charge is 0.224 e. The van der Waals surface area contributed by atoms with Crippen LogP contribution in [-0.4, -0.2) is 16.5 Å². The quantitative estimate of drug-likeness (QED) is 0.866. The zero-order valence-electron chi connectivity index (χ0n) is 8.34. The predicted octanol–water partition coefficient (Wildman–Crippen LogP) is 3.49. The minimum atomic E-state index is 0.284. The van der Waals surface area contributed by atoms with Gasteiger partial charge in [-0.1, -0.05) is 12.8 Å². The second-order valence-corrected chi connectivity index (χ2v) is 5.06. The van der Waals surface area contributed by atoms with Crippen LogP contribution in [0.2, 0.25) is 5.28 Å². The largest absolute Gasteiger partial charge is 0.369 e. The van der Waals surface area contributed by atoms with Gasteiger partial charge in [-0.25, -0.2) is 4.98 Å². The Labute approximate surface area is 103 Å². The van der Waals surface area contributed by atoms with Crippen molar-refractivity contribution in [2.75, 3.05) is 11.9 Å². The van der Waals surface area contributed by atoms with Crippen molar-refractivity contribution in [1.82, 2.24) is 9.97 Å². The molecule has 1 aliphatic rings. The predicted molar refractivity (Wildman–Crippen MR) is 65.2 cm³/mol. The van der Waals surface area contributed by atoms with Crippen LogP contribution in [0, 0.1) is 5.92 Å². The van der Waals surface area contributed by atoms with E-state index in [1.54, 1.807) is 6.20 Å². The maximum absolute atomic E-state index is 5.73. The van der Waals surface area contributed by atoms with E-state index in [9.17, 15) is 0 Å². The van der Waals surface area contributed by atoms with E-state index in [-0.39, 0.29) is 5.28 Å². The Bertz CT molecular complexity index is 339. The van der Waals surface area contributed by atoms with Gasteiger partial charge in [0.15, 0.2) is 0 Å². The van der Waals surface area contributed by atoms with Crippen LogP contribution in [0.25, 0.3) is 0 Å². The standard InChI is InChI=1S/C10H13BrClN3/c11-8-6-14-10(12)15-9(8)13-5-7-3-1-2-4-7/h6-7H,1-5H2,(H,13,14,15). The molecule has 0 atom stereocenters. The Kier molecular flexibility index (Phi) is 3.81. The first-order valence-corrected chi connectivity index (χ1v) is 6.34. The van der Waals surface area contributed by atoms with Crippen molar-refractivity contribution in [1.29, 1.82) is 0 Å². The average molecular weight is 291 g/mol. The molecule has 1 N–H and O–H groups in total. The number of halogens is 2. The third kappa shape index (κ3) is 3.05. The van der Waals surface area contributed by atoms with E-state index in [0.717, 1.165) is 22.8 Å². The highest BCUT2D eigenvalue weighted by molar-refractivity contribution is 9.10. The van der Waals surface area contributed by atoms with Crippen LogP contribution in [0.3, 0.4) is 0 Å². The second kappa shape index (κ2) is 5.12. The lowest BCUT2D eigenvalue weighted by molar-refractivity contribution is 0.578. The number of aromatic nitrogens is 2. The molecule has 1 fully saturated rings. The summed E-state index contributed by atoms with van der Waals surface area (Å²) >= 11 is 9.12. The summed E-state index contributed by atoms with van der Waals surface area (Å²) in [6.45, 7) is 0.978. The molecule has 15 heavy (non-hydrogen) atoms. The summed E-state index contributed by atoms with van der Waals surface area (Å²) in [4.78, 5) is 8.02. The summed E-state index contributed by atoms with van der Waals surface area (Å²) < 4.78 is 0.866. The Morgan fingerprint density at radius 3 is 2.93 bits per heavy atom. The van der Waals surface area contributed by atoms with Gasteiger partial charge in [-0.2, -0.15) is 4.98 Å². The van der Waals surface area contributed by atoms with Crippen LogP contribution in [0.15, 0.2) is 10.7 Å². The van der Waals surface area contributed by atoms with E-state index in [1.807, 2.05) is 0 Å². The van der Waals surface area contributed by atoms with Crippen molar-refractivity contribution in [3.05, 3.63) is 16.0 Å². The van der Waals surface area contributed by atoms with Crippen LogP contribution in [0.1, 0.15) is 25.7 Å². The molecule has 1 heterocycles. The highest BCUT2D eigenvalue weighted by atomic mass is 79.9. The normalized spacial score (nSPS) is 16.9. The highest BCUT2D eigenvalue weighted by Crippen LogP contribution is 2.26. The van der Waals surface area contributed by atoms with Gasteiger partial charge in [0.2, 0.25) is 5.28 Å². The first kappa shape index (κ1) is 11.1. The van der Waals surface area contributed by atoms with Gasteiger partial charge >= 0.3 is 0 Å². The molecule has 82 valence electrons. The van der Waals surface area contributed by atoms with Gasteiger partial charge in [0.05, 0.1) is 4.47 Å². The van der Waals surface area contributed by atoms with Gasteiger partial charge < -0.3 is 5.32 Å². The summed E-state index contributed by atoms with van der Waals surface area (Å²) in [5, 5.41) is 3.60. The summed E-state index contributed by atoms with van der Waals surface area (Å²) in [5.41, 5.74) is 0. The molecule has 1 aliphatic carbocycles. The minimum absolute atomic E-state index is 0.284. The van der Waals surface area contributed by atoms with Gasteiger partial charge in [-0.15, -0.1) is 0 Å². The van der Waals surface area contributed by atoms with Crippen molar-refractivity contribution < 1.29 is 0 Å². The van der Waals surface area contributed by atoms with E-state index in [2.05, 4.69) is 31.2 Å². The van der Waals surface area contributed by atoms with Crippen molar-refractivity contribution >= 4 is 33.3 Å². The molecule has 0 saturated heterocycles. The molecule has 0 unspecified atom stereocenters.